The van der Waals surface area contributed by atoms with Crippen molar-refractivity contribution in [3.8, 4) is 0 Å². The summed E-state index contributed by atoms with van der Waals surface area (Å²) in [6.07, 6.45) is 0. The predicted molar refractivity (Wildman–Crippen MR) is 103 cm³/mol. The molecule has 1 saturated heterocycles. The normalized spacial score (nSPS) is 15.5. The van der Waals surface area contributed by atoms with Crippen molar-refractivity contribution in [3.05, 3.63) is 44.6 Å². The van der Waals surface area contributed by atoms with Gasteiger partial charge in [-0.15, -0.1) is 11.3 Å². The van der Waals surface area contributed by atoms with Crippen LogP contribution in [0.1, 0.15) is 17.3 Å². The first-order chi connectivity index (χ1) is 11.6. The highest BCUT2D eigenvalue weighted by Crippen LogP contribution is 2.33. The molecule has 0 spiro atoms. The summed E-state index contributed by atoms with van der Waals surface area (Å²) in [6, 6.07) is 9.47. The van der Waals surface area contributed by atoms with Gasteiger partial charge in [0.25, 0.3) is 5.91 Å². The number of carbonyl (C=O) groups is 1. The van der Waals surface area contributed by atoms with Crippen molar-refractivity contribution in [2.45, 2.75) is 6.92 Å². The van der Waals surface area contributed by atoms with Gasteiger partial charge in [0.2, 0.25) is 0 Å². The van der Waals surface area contributed by atoms with Gasteiger partial charge in [0.1, 0.15) is 4.34 Å². The molecular formula is C17H19Cl2N3OS. The standard InChI is InChI=1S/C17H19Cl2N3OS/c1-2-21-7-9-22(10-8-21)14-6-4-3-5-13(14)20-17(23)12-11-15(18)24-16(12)19/h3-6,11H,2,7-10H2,1H3,(H,20,23). The fourth-order valence-electron chi connectivity index (χ4n) is 2.84. The van der Waals surface area contributed by atoms with Crippen molar-refractivity contribution in [3.63, 3.8) is 0 Å². The Balaban J connectivity index is 1.77. The fourth-order valence-corrected chi connectivity index (χ4v) is 4.30. The molecule has 0 atom stereocenters. The Labute approximate surface area is 156 Å². The van der Waals surface area contributed by atoms with Crippen LogP contribution < -0.4 is 10.2 Å². The zero-order valence-corrected chi connectivity index (χ0v) is 15.7. The van der Waals surface area contributed by atoms with Gasteiger partial charge in [0.15, 0.2) is 0 Å². The van der Waals surface area contributed by atoms with E-state index in [4.69, 9.17) is 23.2 Å². The molecule has 128 valence electrons. The van der Waals surface area contributed by atoms with Crippen LogP contribution in [-0.4, -0.2) is 43.5 Å². The number of amides is 1. The fraction of sp³-hybridized carbons (Fsp3) is 0.353. The number of likely N-dealkylation sites (N-methyl/N-ethyl adjacent to an activating group) is 1. The lowest BCUT2D eigenvalue weighted by Gasteiger charge is -2.36. The molecule has 24 heavy (non-hydrogen) atoms. The van der Waals surface area contributed by atoms with E-state index in [-0.39, 0.29) is 5.91 Å². The summed E-state index contributed by atoms with van der Waals surface area (Å²) in [6.45, 7) is 7.22. The summed E-state index contributed by atoms with van der Waals surface area (Å²) < 4.78 is 0.917. The van der Waals surface area contributed by atoms with Gasteiger partial charge in [-0.2, -0.15) is 0 Å². The maximum atomic E-state index is 12.5. The summed E-state index contributed by atoms with van der Waals surface area (Å²) in [5.41, 5.74) is 2.25. The molecule has 2 heterocycles. The van der Waals surface area contributed by atoms with Gasteiger partial charge in [0, 0.05) is 26.2 Å². The lowest BCUT2D eigenvalue weighted by Crippen LogP contribution is -2.46. The molecule has 0 bridgehead atoms. The van der Waals surface area contributed by atoms with Crippen molar-refractivity contribution >= 4 is 51.8 Å². The number of nitrogens with one attached hydrogen (secondary N) is 1. The van der Waals surface area contributed by atoms with Crippen LogP contribution in [0.4, 0.5) is 11.4 Å². The summed E-state index contributed by atoms with van der Waals surface area (Å²) in [5.74, 6) is -0.234. The van der Waals surface area contributed by atoms with E-state index in [2.05, 4.69) is 22.0 Å². The number of anilines is 2. The molecule has 0 saturated carbocycles. The minimum Gasteiger partial charge on any atom is -0.367 e. The van der Waals surface area contributed by atoms with Gasteiger partial charge < -0.3 is 15.1 Å². The Kier molecular flexibility index (Phi) is 5.66. The van der Waals surface area contributed by atoms with E-state index < -0.39 is 0 Å². The van der Waals surface area contributed by atoms with Crippen LogP contribution in [0.5, 0.6) is 0 Å². The first-order valence-corrected chi connectivity index (χ1v) is 9.48. The smallest absolute Gasteiger partial charge is 0.258 e. The van der Waals surface area contributed by atoms with Crippen LogP contribution in [0.25, 0.3) is 0 Å². The van der Waals surface area contributed by atoms with Crippen LogP contribution in [0.3, 0.4) is 0 Å². The van der Waals surface area contributed by atoms with E-state index in [1.807, 2.05) is 24.3 Å². The molecule has 1 aliphatic rings. The van der Waals surface area contributed by atoms with E-state index in [9.17, 15) is 4.79 Å². The largest absolute Gasteiger partial charge is 0.367 e. The SMILES string of the molecule is CCN1CCN(c2ccccc2NC(=O)c2cc(Cl)sc2Cl)CC1. The van der Waals surface area contributed by atoms with E-state index in [0.717, 1.165) is 44.1 Å². The number of thiophene rings is 1. The number of halogens is 2. The second-order valence-corrected chi connectivity index (χ2v) is 7.92. The summed E-state index contributed by atoms with van der Waals surface area (Å²) in [7, 11) is 0. The molecule has 1 aliphatic heterocycles. The van der Waals surface area contributed by atoms with Gasteiger partial charge in [-0.25, -0.2) is 0 Å². The molecule has 3 rings (SSSR count). The Morgan fingerprint density at radius 1 is 1.21 bits per heavy atom. The third-order valence-corrected chi connectivity index (χ3v) is 5.70. The quantitative estimate of drug-likeness (QED) is 0.846. The summed E-state index contributed by atoms with van der Waals surface area (Å²) in [4.78, 5) is 17.2. The highest BCUT2D eigenvalue weighted by Gasteiger charge is 2.20. The minimum atomic E-state index is -0.234. The molecule has 7 heteroatoms. The molecule has 4 nitrogen and oxygen atoms in total. The second kappa shape index (κ2) is 7.74. The molecule has 0 aliphatic carbocycles. The Hall–Kier alpha value is -1.27. The number of benzene rings is 1. The van der Waals surface area contributed by atoms with Gasteiger partial charge in [0.05, 0.1) is 21.3 Å². The number of piperazine rings is 1. The molecule has 1 amide bonds. The highest BCUT2D eigenvalue weighted by atomic mass is 35.5. The van der Waals surface area contributed by atoms with E-state index in [1.165, 1.54) is 11.3 Å². The van der Waals surface area contributed by atoms with Gasteiger partial charge >= 0.3 is 0 Å². The van der Waals surface area contributed by atoms with E-state index in [1.54, 1.807) is 6.07 Å². The number of rotatable bonds is 4. The Morgan fingerprint density at radius 3 is 2.54 bits per heavy atom. The van der Waals surface area contributed by atoms with Gasteiger partial charge in [-0.3, -0.25) is 4.79 Å². The average molecular weight is 384 g/mol. The first kappa shape index (κ1) is 17.5. The maximum Gasteiger partial charge on any atom is 0.258 e. The molecule has 1 aromatic carbocycles. The zero-order chi connectivity index (χ0) is 17.1. The molecular weight excluding hydrogens is 365 g/mol. The van der Waals surface area contributed by atoms with Crippen LogP contribution >= 0.6 is 34.5 Å². The number of hydrogen-bond donors (Lipinski definition) is 1. The number of nitrogens with zero attached hydrogens (tertiary/aromatic N) is 2. The topological polar surface area (TPSA) is 35.6 Å². The molecule has 2 aromatic rings. The summed E-state index contributed by atoms with van der Waals surface area (Å²) >= 11 is 13.2. The van der Waals surface area contributed by atoms with Crippen LogP contribution in [0.2, 0.25) is 8.67 Å². The predicted octanol–water partition coefficient (Wildman–Crippen LogP) is 4.45. The average Bonchev–Trinajstić information content (AvgIpc) is 2.94. The van der Waals surface area contributed by atoms with Crippen molar-refractivity contribution in [2.24, 2.45) is 0 Å². The zero-order valence-electron chi connectivity index (χ0n) is 13.4. The number of carbonyl (C=O) groups excluding carboxylic acids is 1. The number of hydrogen-bond acceptors (Lipinski definition) is 4. The maximum absolute atomic E-state index is 12.5. The Bertz CT molecular complexity index is 726. The van der Waals surface area contributed by atoms with Crippen LogP contribution in [0.15, 0.2) is 30.3 Å². The monoisotopic (exact) mass is 383 g/mol. The van der Waals surface area contributed by atoms with Gasteiger partial charge in [-0.1, -0.05) is 42.3 Å². The first-order valence-electron chi connectivity index (χ1n) is 7.91. The number of para-hydroxylation sites is 2. The lowest BCUT2D eigenvalue weighted by molar-refractivity contribution is 0.102. The van der Waals surface area contributed by atoms with Crippen molar-refractivity contribution < 1.29 is 4.79 Å². The van der Waals surface area contributed by atoms with Crippen molar-refractivity contribution in [1.82, 2.24) is 4.90 Å². The molecule has 0 unspecified atom stereocenters. The van der Waals surface area contributed by atoms with E-state index in [0.29, 0.717) is 14.2 Å². The minimum absolute atomic E-state index is 0.234. The third-order valence-electron chi connectivity index (χ3n) is 4.21. The van der Waals surface area contributed by atoms with Gasteiger partial charge in [-0.05, 0) is 24.7 Å². The highest BCUT2D eigenvalue weighted by molar-refractivity contribution is 7.20. The van der Waals surface area contributed by atoms with Crippen molar-refractivity contribution in [2.75, 3.05) is 42.9 Å². The molecule has 1 aromatic heterocycles. The lowest BCUT2D eigenvalue weighted by atomic mass is 10.2. The molecule has 1 N–H and O–H groups in total. The third kappa shape index (κ3) is 3.86. The van der Waals surface area contributed by atoms with Crippen molar-refractivity contribution in [1.29, 1.82) is 0 Å². The van der Waals surface area contributed by atoms with E-state index >= 15 is 0 Å². The van der Waals surface area contributed by atoms with Crippen LogP contribution in [0, 0.1) is 0 Å². The Morgan fingerprint density at radius 2 is 1.92 bits per heavy atom. The van der Waals surface area contributed by atoms with Crippen LogP contribution in [-0.2, 0) is 0 Å². The summed E-state index contributed by atoms with van der Waals surface area (Å²) in [5, 5.41) is 2.97. The molecule has 0 radical (unpaired) electrons. The second-order valence-electron chi connectivity index (χ2n) is 5.63. The molecule has 1 fully saturated rings.